The maximum atomic E-state index is 12.7. The highest BCUT2D eigenvalue weighted by molar-refractivity contribution is 5.99. The Bertz CT molecular complexity index is 1280. The van der Waals surface area contributed by atoms with Gasteiger partial charge in [0.05, 0.1) is 5.92 Å². The number of carbonyl (C=O) groups is 2. The Hall–Kier alpha value is -4.41. The normalized spacial score (nSPS) is 16.8. The van der Waals surface area contributed by atoms with Gasteiger partial charge in [-0.15, -0.1) is 0 Å². The Balaban J connectivity index is 1.22. The number of nitrogens with one attached hydrogen (secondary N) is 1. The molecule has 1 saturated heterocycles. The van der Waals surface area contributed by atoms with Crippen LogP contribution in [0.4, 0.5) is 23.3 Å². The van der Waals surface area contributed by atoms with Crippen LogP contribution >= 0.6 is 0 Å². The first-order valence-electron chi connectivity index (χ1n) is 11.2. The van der Waals surface area contributed by atoms with Crippen LogP contribution < -0.4 is 25.4 Å². The molecule has 3 N–H and O–H groups in total. The van der Waals surface area contributed by atoms with Crippen molar-refractivity contribution in [1.29, 1.82) is 0 Å². The van der Waals surface area contributed by atoms with Gasteiger partial charge in [0.1, 0.15) is 13.2 Å². The largest absolute Gasteiger partial charge is 0.486 e. The summed E-state index contributed by atoms with van der Waals surface area (Å²) in [5, 5.41) is 3.09. The van der Waals surface area contributed by atoms with Crippen molar-refractivity contribution in [2.75, 3.05) is 35.7 Å². The molecule has 1 amide bonds. The van der Waals surface area contributed by atoms with Gasteiger partial charge in [0, 0.05) is 30.4 Å². The van der Waals surface area contributed by atoms with E-state index in [1.54, 1.807) is 23.1 Å². The summed E-state index contributed by atoms with van der Waals surface area (Å²) in [6.45, 7) is 2.90. The van der Waals surface area contributed by atoms with Gasteiger partial charge in [0.15, 0.2) is 23.9 Å². The number of aryl methyl sites for hydroxylation is 1. The average Bonchev–Trinajstić information content (AvgIpc) is 3.25. The molecule has 35 heavy (non-hydrogen) atoms. The quantitative estimate of drug-likeness (QED) is 0.509. The van der Waals surface area contributed by atoms with E-state index in [1.165, 1.54) is 0 Å². The lowest BCUT2D eigenvalue weighted by molar-refractivity contribution is -0.149. The second-order valence-electron chi connectivity index (χ2n) is 8.21. The van der Waals surface area contributed by atoms with Gasteiger partial charge in [-0.25, -0.2) is 0 Å². The Morgan fingerprint density at radius 1 is 1.14 bits per heavy atom. The van der Waals surface area contributed by atoms with Crippen molar-refractivity contribution in [3.63, 3.8) is 0 Å². The van der Waals surface area contributed by atoms with E-state index >= 15 is 0 Å². The number of nitrogens with zero attached hydrogens (tertiary/aromatic N) is 4. The highest BCUT2D eigenvalue weighted by atomic mass is 16.6. The predicted molar refractivity (Wildman–Crippen MR) is 126 cm³/mol. The molecule has 1 unspecified atom stereocenters. The predicted octanol–water partition coefficient (Wildman–Crippen LogP) is 2.37. The number of aromatic nitrogens is 3. The fourth-order valence-electron chi connectivity index (χ4n) is 3.96. The number of ether oxygens (including phenoxy) is 3. The second-order valence-corrected chi connectivity index (χ2v) is 8.21. The number of rotatable bonds is 6. The number of nitrogen functional groups attached to an aromatic ring is 1. The maximum Gasteiger partial charge on any atom is 0.311 e. The van der Waals surface area contributed by atoms with Crippen LogP contribution in [0.1, 0.15) is 17.8 Å². The molecule has 3 heterocycles. The fourth-order valence-corrected chi connectivity index (χ4v) is 3.96. The number of para-hydroxylation sites is 1. The lowest BCUT2D eigenvalue weighted by Crippen LogP contribution is -2.27. The summed E-state index contributed by atoms with van der Waals surface area (Å²) in [6.07, 6.45) is 0.0483. The van der Waals surface area contributed by atoms with Gasteiger partial charge in [0.2, 0.25) is 17.8 Å². The minimum atomic E-state index is -0.612. The lowest BCUT2D eigenvalue weighted by atomic mass is 10.1. The van der Waals surface area contributed by atoms with E-state index in [4.69, 9.17) is 19.9 Å². The van der Waals surface area contributed by atoms with Crippen LogP contribution in [0.2, 0.25) is 0 Å². The minimum absolute atomic E-state index is 0.00274. The first-order chi connectivity index (χ1) is 17.0. The lowest BCUT2D eigenvalue weighted by Gasteiger charge is -2.22. The Morgan fingerprint density at radius 2 is 1.94 bits per heavy atom. The number of benzene rings is 2. The van der Waals surface area contributed by atoms with E-state index in [-0.39, 0.29) is 43.2 Å². The molecular formula is C24H24N6O5. The van der Waals surface area contributed by atoms with Crippen LogP contribution in [-0.2, 0) is 20.9 Å². The third-order valence-electron chi connectivity index (χ3n) is 5.73. The highest BCUT2D eigenvalue weighted by Gasteiger charge is 2.36. The van der Waals surface area contributed by atoms with Gasteiger partial charge >= 0.3 is 5.97 Å². The van der Waals surface area contributed by atoms with Crippen molar-refractivity contribution < 1.29 is 23.8 Å². The van der Waals surface area contributed by atoms with Crippen molar-refractivity contribution in [3.05, 3.63) is 53.9 Å². The van der Waals surface area contributed by atoms with E-state index in [9.17, 15) is 9.59 Å². The number of hydrogen-bond acceptors (Lipinski definition) is 10. The molecule has 0 saturated carbocycles. The molecule has 11 nitrogen and oxygen atoms in total. The van der Waals surface area contributed by atoms with Crippen LogP contribution in [0.5, 0.6) is 11.5 Å². The molecule has 0 radical (unpaired) electrons. The Kier molecular flexibility index (Phi) is 6.04. The van der Waals surface area contributed by atoms with Crippen LogP contribution in [-0.4, -0.2) is 46.6 Å². The number of carbonyl (C=O) groups excluding carboxylic acids is 2. The Labute approximate surface area is 201 Å². The summed E-state index contributed by atoms with van der Waals surface area (Å²) in [4.78, 5) is 39.3. The Morgan fingerprint density at radius 3 is 2.77 bits per heavy atom. The van der Waals surface area contributed by atoms with E-state index in [0.29, 0.717) is 30.4 Å². The van der Waals surface area contributed by atoms with Crippen molar-refractivity contribution in [2.24, 2.45) is 5.92 Å². The fraction of sp³-hybridized carbons (Fsp3) is 0.292. The zero-order chi connectivity index (χ0) is 24.4. The van der Waals surface area contributed by atoms with E-state index in [2.05, 4.69) is 20.3 Å². The van der Waals surface area contributed by atoms with Gasteiger partial charge in [-0.3, -0.25) is 9.59 Å². The minimum Gasteiger partial charge on any atom is -0.486 e. The van der Waals surface area contributed by atoms with Gasteiger partial charge in [-0.2, -0.15) is 15.0 Å². The molecule has 5 rings (SSSR count). The zero-order valence-electron chi connectivity index (χ0n) is 19.1. The van der Waals surface area contributed by atoms with Gasteiger partial charge < -0.3 is 30.2 Å². The van der Waals surface area contributed by atoms with Crippen LogP contribution in [0.3, 0.4) is 0 Å². The topological polar surface area (TPSA) is 142 Å². The van der Waals surface area contributed by atoms with Crippen molar-refractivity contribution >= 4 is 35.1 Å². The average molecular weight is 476 g/mol. The van der Waals surface area contributed by atoms with Crippen LogP contribution in [0.15, 0.2) is 42.5 Å². The van der Waals surface area contributed by atoms with Crippen LogP contribution in [0.25, 0.3) is 0 Å². The monoisotopic (exact) mass is 476 g/mol. The first kappa shape index (κ1) is 22.4. The van der Waals surface area contributed by atoms with Crippen molar-refractivity contribution in [1.82, 2.24) is 15.0 Å². The summed E-state index contributed by atoms with van der Waals surface area (Å²) < 4.78 is 16.5. The molecule has 11 heteroatoms. The molecule has 2 aliphatic heterocycles. The van der Waals surface area contributed by atoms with E-state index in [1.807, 2.05) is 31.2 Å². The molecule has 0 spiro atoms. The number of esters is 1. The molecule has 2 aliphatic rings. The summed E-state index contributed by atoms with van der Waals surface area (Å²) in [5.74, 6) is 0.380. The summed E-state index contributed by atoms with van der Waals surface area (Å²) in [6, 6.07) is 12.9. The first-order valence-corrected chi connectivity index (χ1v) is 11.2. The summed E-state index contributed by atoms with van der Waals surface area (Å²) in [7, 11) is 0. The molecule has 1 fully saturated rings. The highest BCUT2D eigenvalue weighted by Crippen LogP contribution is 2.36. The van der Waals surface area contributed by atoms with Crippen molar-refractivity contribution in [3.8, 4) is 11.5 Å². The van der Waals surface area contributed by atoms with Gasteiger partial charge in [0.25, 0.3) is 0 Å². The molecular weight excluding hydrogens is 452 g/mol. The smallest absolute Gasteiger partial charge is 0.311 e. The number of nitrogens with two attached hydrogens (primary N) is 1. The molecule has 180 valence electrons. The molecule has 0 bridgehead atoms. The number of anilines is 4. The molecule has 1 aromatic heterocycles. The standard InChI is InChI=1S/C24H24N6O5/c1-14-4-2-3-5-17(14)26-24-28-20(27-23(25)29-24)13-35-22(32)15-10-21(31)30(12-15)16-6-7-18-19(11-16)34-9-8-33-18/h2-7,11,15H,8-10,12-13H2,1H3,(H3,25,26,27,28,29). The molecule has 2 aromatic carbocycles. The second kappa shape index (κ2) is 9.45. The third-order valence-corrected chi connectivity index (χ3v) is 5.73. The summed E-state index contributed by atoms with van der Waals surface area (Å²) >= 11 is 0. The molecule has 1 atom stereocenters. The maximum absolute atomic E-state index is 12.7. The zero-order valence-corrected chi connectivity index (χ0v) is 19.1. The number of amides is 1. The van der Waals surface area contributed by atoms with Gasteiger partial charge in [-0.05, 0) is 30.7 Å². The van der Waals surface area contributed by atoms with E-state index < -0.39 is 11.9 Å². The molecule has 0 aliphatic carbocycles. The summed E-state index contributed by atoms with van der Waals surface area (Å²) in [5.41, 5.74) is 8.29. The number of hydrogen-bond donors (Lipinski definition) is 2. The third kappa shape index (κ3) is 4.93. The van der Waals surface area contributed by atoms with E-state index in [0.717, 1.165) is 11.3 Å². The number of fused-ring (bicyclic) bond motifs is 1. The SMILES string of the molecule is Cc1ccccc1Nc1nc(N)nc(COC(=O)C2CC(=O)N(c3ccc4c(c3)OCCO4)C2)n1. The van der Waals surface area contributed by atoms with Crippen molar-refractivity contribution in [2.45, 2.75) is 20.0 Å². The molecule has 3 aromatic rings. The van der Waals surface area contributed by atoms with Gasteiger partial charge in [-0.1, -0.05) is 18.2 Å². The van der Waals surface area contributed by atoms with Crippen LogP contribution in [0, 0.1) is 12.8 Å².